The van der Waals surface area contributed by atoms with Crippen LogP contribution < -0.4 is 10.2 Å². The molecule has 1 fully saturated rings. The van der Waals surface area contributed by atoms with Gasteiger partial charge in [-0.05, 0) is 35.9 Å². The number of benzene rings is 2. The minimum Gasteiger partial charge on any atom is -0.378 e. The predicted molar refractivity (Wildman–Crippen MR) is 110 cm³/mol. The van der Waals surface area contributed by atoms with Crippen LogP contribution in [0.3, 0.4) is 0 Å². The number of hydrogen-bond acceptors (Lipinski definition) is 6. The van der Waals surface area contributed by atoms with E-state index in [0.717, 1.165) is 10.7 Å². The third kappa shape index (κ3) is 4.93. The number of thioether (sulfide) groups is 1. The minimum atomic E-state index is -0.357. The molecular formula is C20H20FN5O2S. The lowest BCUT2D eigenvalue weighted by Gasteiger charge is -2.29. The summed E-state index contributed by atoms with van der Waals surface area (Å²) in [6, 6.07) is 12.0. The lowest BCUT2D eigenvalue weighted by Crippen LogP contribution is -2.36. The first-order valence-electron chi connectivity index (χ1n) is 9.20. The molecule has 3 aromatic rings. The number of aromatic amines is 1. The smallest absolute Gasteiger partial charge is 0.255 e. The fourth-order valence-corrected chi connectivity index (χ4v) is 3.75. The van der Waals surface area contributed by atoms with Crippen molar-refractivity contribution in [2.45, 2.75) is 10.9 Å². The van der Waals surface area contributed by atoms with Gasteiger partial charge in [-0.25, -0.2) is 9.37 Å². The first-order chi connectivity index (χ1) is 14.2. The predicted octanol–water partition coefficient (Wildman–Crippen LogP) is 3.33. The Balaban J connectivity index is 1.36. The second kappa shape index (κ2) is 9.06. The molecule has 1 amide bonds. The number of H-pyrrole nitrogens is 1. The van der Waals surface area contributed by atoms with Gasteiger partial charge in [-0.3, -0.25) is 9.89 Å². The van der Waals surface area contributed by atoms with Crippen molar-refractivity contribution in [1.29, 1.82) is 0 Å². The van der Waals surface area contributed by atoms with Gasteiger partial charge in [0.15, 0.2) is 5.16 Å². The van der Waals surface area contributed by atoms with Crippen molar-refractivity contribution in [3.8, 4) is 0 Å². The second-order valence-corrected chi connectivity index (χ2v) is 7.46. The van der Waals surface area contributed by atoms with Crippen LogP contribution in [0.1, 0.15) is 15.9 Å². The number of ether oxygens (including phenoxy) is 1. The maximum Gasteiger partial charge on any atom is 0.255 e. The standard InChI is InChI=1S/C20H20FN5O2S/c21-17-11-16(5-6-18(17)26-7-9-28-10-8-26)24-19(27)15-3-1-14(2-4-15)12-29-20-22-13-23-25-20/h1-6,11,13H,7-10,12H2,(H,24,27)(H,22,23,25). The Kier molecular flexibility index (Phi) is 6.06. The number of nitrogens with one attached hydrogen (secondary N) is 2. The van der Waals surface area contributed by atoms with Crippen molar-refractivity contribution < 1.29 is 13.9 Å². The molecule has 0 bridgehead atoms. The van der Waals surface area contributed by atoms with Gasteiger partial charge in [0.1, 0.15) is 12.1 Å². The number of carbonyl (C=O) groups is 1. The molecule has 1 aromatic heterocycles. The molecule has 0 radical (unpaired) electrons. The number of anilines is 2. The SMILES string of the molecule is O=C(Nc1ccc(N2CCOCC2)c(F)c1)c1ccc(CSc2ncn[nH]2)cc1. The Labute approximate surface area is 171 Å². The molecule has 4 rings (SSSR count). The van der Waals surface area contributed by atoms with Gasteiger partial charge in [0.25, 0.3) is 5.91 Å². The maximum absolute atomic E-state index is 14.5. The normalized spacial score (nSPS) is 14.0. The van der Waals surface area contributed by atoms with Gasteiger partial charge in [0.05, 0.1) is 18.9 Å². The van der Waals surface area contributed by atoms with Crippen molar-refractivity contribution in [3.05, 3.63) is 65.7 Å². The summed E-state index contributed by atoms with van der Waals surface area (Å²) < 4.78 is 19.8. The van der Waals surface area contributed by atoms with Gasteiger partial charge in [0, 0.05) is 30.1 Å². The number of morpholine rings is 1. The first kappa shape index (κ1) is 19.4. The van der Waals surface area contributed by atoms with E-state index in [1.54, 1.807) is 24.3 Å². The Hall–Kier alpha value is -2.91. The molecule has 0 atom stereocenters. The Morgan fingerprint density at radius 1 is 1.21 bits per heavy atom. The fraction of sp³-hybridized carbons (Fsp3) is 0.250. The van der Waals surface area contributed by atoms with Gasteiger partial charge in [-0.15, -0.1) is 0 Å². The van der Waals surface area contributed by atoms with E-state index < -0.39 is 0 Å². The second-order valence-electron chi connectivity index (χ2n) is 6.50. The number of halogens is 1. The summed E-state index contributed by atoms with van der Waals surface area (Å²) in [5.41, 5.74) is 2.52. The number of hydrogen-bond donors (Lipinski definition) is 2. The van der Waals surface area contributed by atoms with Gasteiger partial charge >= 0.3 is 0 Å². The van der Waals surface area contributed by atoms with Crippen LogP contribution >= 0.6 is 11.8 Å². The van der Waals surface area contributed by atoms with Crippen molar-refractivity contribution in [1.82, 2.24) is 15.2 Å². The zero-order chi connectivity index (χ0) is 20.1. The molecule has 1 saturated heterocycles. The van der Waals surface area contributed by atoms with Crippen molar-refractivity contribution in [2.75, 3.05) is 36.5 Å². The first-order valence-corrected chi connectivity index (χ1v) is 10.2. The number of aromatic nitrogens is 3. The molecule has 0 spiro atoms. The highest BCUT2D eigenvalue weighted by Crippen LogP contribution is 2.24. The molecule has 29 heavy (non-hydrogen) atoms. The topological polar surface area (TPSA) is 83.1 Å². The molecule has 0 saturated carbocycles. The van der Waals surface area contributed by atoms with Gasteiger partial charge in [0.2, 0.25) is 0 Å². The molecule has 150 valence electrons. The number of carbonyl (C=O) groups excluding carboxylic acids is 1. The monoisotopic (exact) mass is 413 g/mol. The van der Waals surface area contributed by atoms with Crippen LogP contribution in [0, 0.1) is 5.82 Å². The van der Waals surface area contributed by atoms with Crippen molar-refractivity contribution in [2.24, 2.45) is 0 Å². The molecule has 0 unspecified atom stereocenters. The average Bonchev–Trinajstić information content (AvgIpc) is 3.27. The summed E-state index contributed by atoms with van der Waals surface area (Å²) in [6.07, 6.45) is 1.46. The molecular weight excluding hydrogens is 393 g/mol. The number of nitrogens with zero attached hydrogens (tertiary/aromatic N) is 3. The number of rotatable bonds is 6. The maximum atomic E-state index is 14.5. The van der Waals surface area contributed by atoms with E-state index in [2.05, 4.69) is 20.5 Å². The Morgan fingerprint density at radius 2 is 2.00 bits per heavy atom. The quantitative estimate of drug-likeness (QED) is 0.603. The van der Waals surface area contributed by atoms with E-state index in [9.17, 15) is 9.18 Å². The molecule has 9 heteroatoms. The molecule has 2 heterocycles. The highest BCUT2D eigenvalue weighted by atomic mass is 32.2. The largest absolute Gasteiger partial charge is 0.378 e. The van der Waals surface area contributed by atoms with Crippen LogP contribution in [0.5, 0.6) is 0 Å². The van der Waals surface area contributed by atoms with Crippen LogP contribution in [0.15, 0.2) is 53.9 Å². The van der Waals surface area contributed by atoms with E-state index in [1.807, 2.05) is 17.0 Å². The summed E-state index contributed by atoms with van der Waals surface area (Å²) >= 11 is 1.53. The van der Waals surface area contributed by atoms with E-state index in [4.69, 9.17) is 4.74 Å². The van der Waals surface area contributed by atoms with Crippen LogP contribution in [0.2, 0.25) is 0 Å². The fourth-order valence-electron chi connectivity index (χ4n) is 3.02. The Bertz CT molecular complexity index is 960. The van der Waals surface area contributed by atoms with Crippen molar-refractivity contribution >= 4 is 29.0 Å². The van der Waals surface area contributed by atoms with Crippen LogP contribution in [-0.4, -0.2) is 47.4 Å². The van der Waals surface area contributed by atoms with Crippen LogP contribution in [0.25, 0.3) is 0 Å². The molecule has 2 N–H and O–H groups in total. The third-order valence-electron chi connectivity index (χ3n) is 4.54. The van der Waals surface area contributed by atoms with Crippen molar-refractivity contribution in [3.63, 3.8) is 0 Å². The number of amides is 1. The molecule has 0 aliphatic carbocycles. The molecule has 1 aliphatic heterocycles. The van der Waals surface area contributed by atoms with E-state index in [0.29, 0.717) is 49.0 Å². The van der Waals surface area contributed by atoms with Crippen LogP contribution in [-0.2, 0) is 10.5 Å². The van der Waals surface area contributed by atoms with Crippen LogP contribution in [0.4, 0.5) is 15.8 Å². The summed E-state index contributed by atoms with van der Waals surface area (Å²) in [7, 11) is 0. The zero-order valence-electron chi connectivity index (χ0n) is 15.6. The average molecular weight is 413 g/mol. The van der Waals surface area contributed by atoms with Gasteiger partial charge < -0.3 is 15.0 Å². The summed E-state index contributed by atoms with van der Waals surface area (Å²) in [5, 5.41) is 10.1. The molecule has 1 aliphatic rings. The lowest BCUT2D eigenvalue weighted by molar-refractivity contribution is 0.102. The van der Waals surface area contributed by atoms with E-state index >= 15 is 0 Å². The zero-order valence-corrected chi connectivity index (χ0v) is 16.4. The van der Waals surface area contributed by atoms with Gasteiger partial charge in [-0.1, -0.05) is 23.9 Å². The van der Waals surface area contributed by atoms with E-state index in [1.165, 1.54) is 24.2 Å². The van der Waals surface area contributed by atoms with E-state index in [-0.39, 0.29) is 11.7 Å². The summed E-state index contributed by atoms with van der Waals surface area (Å²) in [4.78, 5) is 18.5. The summed E-state index contributed by atoms with van der Waals surface area (Å²) in [6.45, 7) is 2.49. The highest BCUT2D eigenvalue weighted by molar-refractivity contribution is 7.98. The summed E-state index contributed by atoms with van der Waals surface area (Å²) in [5.74, 6) is 0.0770. The third-order valence-corrected chi connectivity index (χ3v) is 5.49. The molecule has 2 aromatic carbocycles. The highest BCUT2D eigenvalue weighted by Gasteiger charge is 2.16. The minimum absolute atomic E-state index is 0.280. The Morgan fingerprint density at radius 3 is 2.69 bits per heavy atom. The van der Waals surface area contributed by atoms with Gasteiger partial charge in [-0.2, -0.15) is 5.10 Å². The molecule has 7 nitrogen and oxygen atoms in total. The lowest BCUT2D eigenvalue weighted by atomic mass is 10.1.